The summed E-state index contributed by atoms with van der Waals surface area (Å²) in [7, 11) is 0. The molecular formula is C21H22F3N5O. The van der Waals surface area contributed by atoms with Gasteiger partial charge in [-0.3, -0.25) is 4.79 Å². The van der Waals surface area contributed by atoms with Crippen LogP contribution in [0.2, 0.25) is 0 Å². The molecule has 0 saturated heterocycles. The highest BCUT2D eigenvalue weighted by atomic mass is 19.4. The van der Waals surface area contributed by atoms with E-state index in [0.29, 0.717) is 11.3 Å². The molecule has 0 bridgehead atoms. The van der Waals surface area contributed by atoms with Gasteiger partial charge in [0.05, 0.1) is 16.8 Å². The van der Waals surface area contributed by atoms with Gasteiger partial charge in [0.1, 0.15) is 11.5 Å². The molecule has 4 rings (SSSR count). The van der Waals surface area contributed by atoms with Gasteiger partial charge in [0.15, 0.2) is 0 Å². The molecule has 0 aliphatic heterocycles. The fourth-order valence-corrected chi connectivity index (χ4v) is 3.79. The number of amides is 1. The highest BCUT2D eigenvalue weighted by Crippen LogP contribution is 2.34. The van der Waals surface area contributed by atoms with Crippen LogP contribution in [0.4, 0.5) is 24.7 Å². The first-order chi connectivity index (χ1) is 14.3. The molecule has 2 atom stereocenters. The van der Waals surface area contributed by atoms with Crippen LogP contribution in [-0.4, -0.2) is 27.6 Å². The number of anilines is 2. The Bertz CT molecular complexity index is 1060. The Morgan fingerprint density at radius 1 is 1.07 bits per heavy atom. The Balaban J connectivity index is 1.59. The smallest absolute Gasteiger partial charge is 0.364 e. The van der Waals surface area contributed by atoms with E-state index in [-0.39, 0.29) is 23.5 Å². The zero-order chi connectivity index (χ0) is 21.3. The third-order valence-corrected chi connectivity index (χ3v) is 5.37. The van der Waals surface area contributed by atoms with Crippen molar-refractivity contribution in [3.63, 3.8) is 0 Å². The molecule has 6 nitrogen and oxygen atoms in total. The van der Waals surface area contributed by atoms with Crippen molar-refractivity contribution in [1.82, 2.24) is 9.61 Å². The van der Waals surface area contributed by atoms with Gasteiger partial charge in [0.25, 0.3) is 5.91 Å². The van der Waals surface area contributed by atoms with Crippen LogP contribution in [-0.2, 0) is 6.18 Å². The lowest BCUT2D eigenvalue weighted by Crippen LogP contribution is -2.42. The van der Waals surface area contributed by atoms with Gasteiger partial charge < -0.3 is 16.4 Å². The van der Waals surface area contributed by atoms with Gasteiger partial charge in [-0.15, -0.1) is 5.10 Å². The molecule has 2 heterocycles. The summed E-state index contributed by atoms with van der Waals surface area (Å²) in [5, 5.41) is 10.1. The first-order valence-corrected chi connectivity index (χ1v) is 9.81. The Labute approximate surface area is 171 Å². The minimum Gasteiger partial charge on any atom is -0.364 e. The van der Waals surface area contributed by atoms with Gasteiger partial charge in [0.2, 0.25) is 0 Å². The molecule has 1 aliphatic carbocycles. The summed E-state index contributed by atoms with van der Waals surface area (Å²) in [6.45, 7) is 0. The van der Waals surface area contributed by atoms with E-state index in [9.17, 15) is 18.0 Å². The predicted molar refractivity (Wildman–Crippen MR) is 108 cm³/mol. The predicted octanol–water partition coefficient (Wildman–Crippen LogP) is 4.29. The molecule has 4 N–H and O–H groups in total. The van der Waals surface area contributed by atoms with Crippen LogP contribution in [0.5, 0.6) is 0 Å². The third-order valence-electron chi connectivity index (χ3n) is 5.37. The molecule has 1 aromatic carbocycles. The van der Waals surface area contributed by atoms with Crippen molar-refractivity contribution in [2.75, 3.05) is 10.6 Å². The van der Waals surface area contributed by atoms with Gasteiger partial charge >= 0.3 is 6.18 Å². The molecule has 1 amide bonds. The van der Waals surface area contributed by atoms with Gasteiger partial charge in [-0.25, -0.2) is 4.52 Å². The van der Waals surface area contributed by atoms with Gasteiger partial charge in [0, 0.05) is 12.1 Å². The Kier molecular flexibility index (Phi) is 5.38. The second kappa shape index (κ2) is 7.98. The van der Waals surface area contributed by atoms with E-state index in [1.165, 1.54) is 28.8 Å². The Hall–Kier alpha value is -3.07. The van der Waals surface area contributed by atoms with Crippen molar-refractivity contribution >= 4 is 22.9 Å². The summed E-state index contributed by atoms with van der Waals surface area (Å²) in [4.78, 5) is 12.7. The number of carbonyl (C=O) groups is 1. The number of nitrogens with one attached hydrogen (secondary N) is 2. The van der Waals surface area contributed by atoms with E-state index in [0.717, 1.165) is 31.7 Å². The lowest BCUT2D eigenvalue weighted by Gasteiger charge is -2.29. The molecule has 9 heteroatoms. The lowest BCUT2D eigenvalue weighted by atomic mass is 9.91. The van der Waals surface area contributed by atoms with Crippen molar-refractivity contribution in [3.8, 4) is 0 Å². The molecule has 1 fully saturated rings. The number of benzene rings is 1. The van der Waals surface area contributed by atoms with Gasteiger partial charge in [-0.1, -0.05) is 25.0 Å². The average molecular weight is 417 g/mol. The van der Waals surface area contributed by atoms with Crippen molar-refractivity contribution in [1.29, 1.82) is 0 Å². The molecule has 1 aliphatic rings. The number of aromatic nitrogens is 2. The number of alkyl halides is 3. The fraction of sp³-hybridized carbons (Fsp3) is 0.333. The summed E-state index contributed by atoms with van der Waals surface area (Å²) in [6, 6.07) is 11.8. The van der Waals surface area contributed by atoms with Crippen molar-refractivity contribution < 1.29 is 18.0 Å². The standard InChI is InChI=1S/C21H22F3N5O/c22-21(23,24)14-5-1-3-7-16(14)27-20(30)18-11-9-13-10-12-19(28-29(13)18)26-17-8-4-2-6-15(17)25/h1,3,5,7,9-12,15,17H,2,4,6,8,25H2,(H,26,28)(H,27,30)/t15-,17+/m0/s1. The van der Waals surface area contributed by atoms with Crippen molar-refractivity contribution in [2.45, 2.75) is 43.9 Å². The number of nitrogens with zero attached hydrogens (tertiary/aromatic N) is 2. The molecular weight excluding hydrogens is 395 g/mol. The molecule has 158 valence electrons. The monoisotopic (exact) mass is 417 g/mol. The molecule has 0 radical (unpaired) electrons. The quantitative estimate of drug-likeness (QED) is 0.591. The molecule has 2 aromatic heterocycles. The number of hydrogen-bond acceptors (Lipinski definition) is 4. The lowest BCUT2D eigenvalue weighted by molar-refractivity contribution is -0.136. The number of rotatable bonds is 4. The topological polar surface area (TPSA) is 84.4 Å². The van der Waals surface area contributed by atoms with Gasteiger partial charge in [-0.2, -0.15) is 13.2 Å². The van der Waals surface area contributed by atoms with Crippen LogP contribution in [0.15, 0.2) is 48.5 Å². The number of hydrogen-bond donors (Lipinski definition) is 3. The maximum atomic E-state index is 13.2. The minimum atomic E-state index is -4.57. The SMILES string of the molecule is N[C@H]1CCCC[C@H]1Nc1ccc2ccc(C(=O)Nc3ccccc3C(F)(F)F)n2n1. The summed E-state index contributed by atoms with van der Waals surface area (Å²) < 4.78 is 41.1. The van der Waals surface area contributed by atoms with E-state index >= 15 is 0 Å². The van der Waals surface area contributed by atoms with Crippen LogP contribution in [0.1, 0.15) is 41.7 Å². The number of carbonyl (C=O) groups excluding carboxylic acids is 1. The number of fused-ring (bicyclic) bond motifs is 1. The summed E-state index contributed by atoms with van der Waals surface area (Å²) in [6.07, 6.45) is -0.500. The first-order valence-electron chi connectivity index (χ1n) is 9.81. The average Bonchev–Trinajstić information content (AvgIpc) is 3.13. The normalized spacial score (nSPS) is 19.6. The van der Waals surface area contributed by atoms with Crippen LogP contribution < -0.4 is 16.4 Å². The van der Waals surface area contributed by atoms with Crippen LogP contribution in [0, 0.1) is 0 Å². The van der Waals surface area contributed by atoms with E-state index < -0.39 is 17.6 Å². The maximum absolute atomic E-state index is 13.2. The fourth-order valence-electron chi connectivity index (χ4n) is 3.79. The van der Waals surface area contributed by atoms with Crippen molar-refractivity contribution in [2.24, 2.45) is 5.73 Å². The summed E-state index contributed by atoms with van der Waals surface area (Å²) in [5.41, 5.74) is 5.77. The number of halogens is 3. The van der Waals surface area contributed by atoms with Crippen LogP contribution >= 0.6 is 0 Å². The largest absolute Gasteiger partial charge is 0.418 e. The summed E-state index contributed by atoms with van der Waals surface area (Å²) >= 11 is 0. The maximum Gasteiger partial charge on any atom is 0.418 e. The highest BCUT2D eigenvalue weighted by Gasteiger charge is 2.33. The van der Waals surface area contributed by atoms with E-state index in [4.69, 9.17) is 5.73 Å². The number of para-hydroxylation sites is 1. The summed E-state index contributed by atoms with van der Waals surface area (Å²) in [5.74, 6) is -0.114. The zero-order valence-corrected chi connectivity index (χ0v) is 16.1. The van der Waals surface area contributed by atoms with Crippen molar-refractivity contribution in [3.05, 3.63) is 59.8 Å². The first kappa shape index (κ1) is 20.2. The molecule has 30 heavy (non-hydrogen) atoms. The highest BCUT2D eigenvalue weighted by molar-refractivity contribution is 6.04. The molecule has 3 aromatic rings. The molecule has 0 spiro atoms. The minimum absolute atomic E-state index is 0.0301. The second-order valence-electron chi connectivity index (χ2n) is 7.47. The second-order valence-corrected chi connectivity index (χ2v) is 7.47. The van der Waals surface area contributed by atoms with Crippen LogP contribution in [0.3, 0.4) is 0 Å². The Morgan fingerprint density at radius 2 is 1.80 bits per heavy atom. The van der Waals surface area contributed by atoms with Gasteiger partial charge in [-0.05, 0) is 49.2 Å². The van der Waals surface area contributed by atoms with E-state index in [2.05, 4.69) is 15.7 Å². The van der Waals surface area contributed by atoms with E-state index in [1.54, 1.807) is 18.2 Å². The van der Waals surface area contributed by atoms with Crippen LogP contribution in [0.25, 0.3) is 5.52 Å². The molecule has 1 saturated carbocycles. The zero-order valence-electron chi connectivity index (χ0n) is 16.1. The Morgan fingerprint density at radius 3 is 2.57 bits per heavy atom. The number of nitrogens with two attached hydrogens (primary N) is 1. The van der Waals surface area contributed by atoms with E-state index in [1.807, 2.05) is 0 Å². The molecule has 0 unspecified atom stereocenters. The third kappa shape index (κ3) is 4.11.